The van der Waals surface area contributed by atoms with E-state index < -0.39 is 24.3 Å². The molecule has 1 fully saturated rings. The molecule has 5 rings (SSSR count). The molecule has 2 aliphatic rings. The van der Waals surface area contributed by atoms with Crippen molar-refractivity contribution >= 4 is 17.2 Å². The minimum Gasteiger partial charge on any atom is -0.471 e. The predicted octanol–water partition coefficient (Wildman–Crippen LogP) is 4.45. The number of aliphatic hydroxyl groups excluding tert-OH is 1. The summed E-state index contributed by atoms with van der Waals surface area (Å²) < 4.78 is 16.8. The van der Waals surface area contributed by atoms with Gasteiger partial charge in [-0.15, -0.1) is 11.3 Å². The summed E-state index contributed by atoms with van der Waals surface area (Å²) in [5.41, 5.74) is 4.00. The third-order valence-corrected chi connectivity index (χ3v) is 9.00. The van der Waals surface area contributed by atoms with Crippen LogP contribution in [0.25, 0.3) is 10.6 Å². The number of carbonyl (C=O) groups is 1. The average Bonchev–Trinajstić information content (AvgIpc) is 3.50. The molecule has 9 nitrogen and oxygen atoms in total. The van der Waals surface area contributed by atoms with E-state index >= 15 is 0 Å². The summed E-state index contributed by atoms with van der Waals surface area (Å²) >= 11 is 1.57. The Labute approximate surface area is 252 Å². The number of nitrogens with zero attached hydrogens (tertiary/aromatic N) is 2. The summed E-state index contributed by atoms with van der Waals surface area (Å²) in [5.74, 6) is 0.766. The second kappa shape index (κ2) is 13.6. The van der Waals surface area contributed by atoms with Crippen molar-refractivity contribution in [1.82, 2.24) is 20.6 Å². The summed E-state index contributed by atoms with van der Waals surface area (Å²) in [6.07, 6.45) is 7.09. The lowest BCUT2D eigenvalue weighted by Crippen LogP contribution is -2.53. The van der Waals surface area contributed by atoms with Crippen LogP contribution in [0, 0.1) is 5.92 Å². The van der Waals surface area contributed by atoms with E-state index in [1.165, 1.54) is 19.8 Å². The van der Waals surface area contributed by atoms with Crippen LogP contribution in [0.2, 0.25) is 0 Å². The third-order valence-electron chi connectivity index (χ3n) is 8.18. The first-order chi connectivity index (χ1) is 20.3. The molecule has 42 heavy (non-hydrogen) atoms. The Hall–Kier alpha value is -2.89. The molecule has 1 saturated carbocycles. The van der Waals surface area contributed by atoms with Crippen LogP contribution >= 0.6 is 11.3 Å². The SMILES string of the molecule is COC(OC)C(=O)NC(Cc1cccc(-c2nccs2)c1)[C@H](O)CN[C@H]1CC2(CCC2)Oc2ncc(CC(C)C)cc21. The van der Waals surface area contributed by atoms with Crippen molar-refractivity contribution in [2.24, 2.45) is 5.92 Å². The zero-order valence-corrected chi connectivity index (χ0v) is 25.7. The Bertz CT molecular complexity index is 1330. The Morgan fingerprint density at radius 1 is 1.17 bits per heavy atom. The molecule has 1 aliphatic heterocycles. The summed E-state index contributed by atoms with van der Waals surface area (Å²) in [6, 6.07) is 9.63. The lowest BCUT2D eigenvalue weighted by molar-refractivity contribution is -0.160. The van der Waals surface area contributed by atoms with Gasteiger partial charge in [-0.05, 0) is 61.3 Å². The van der Waals surface area contributed by atoms with Gasteiger partial charge in [0.15, 0.2) is 0 Å². The van der Waals surface area contributed by atoms with Crippen LogP contribution in [0.3, 0.4) is 0 Å². The van der Waals surface area contributed by atoms with E-state index in [4.69, 9.17) is 19.2 Å². The second-order valence-corrected chi connectivity index (χ2v) is 12.8. The van der Waals surface area contributed by atoms with Crippen molar-refractivity contribution in [3.05, 3.63) is 64.8 Å². The van der Waals surface area contributed by atoms with Gasteiger partial charge < -0.3 is 30.0 Å². The van der Waals surface area contributed by atoms with Gasteiger partial charge in [-0.25, -0.2) is 9.97 Å². The number of hydrogen-bond acceptors (Lipinski definition) is 9. The van der Waals surface area contributed by atoms with E-state index in [0.29, 0.717) is 18.2 Å². The van der Waals surface area contributed by atoms with Crippen LogP contribution in [-0.4, -0.2) is 65.8 Å². The number of thiazole rings is 1. The fourth-order valence-electron chi connectivity index (χ4n) is 5.92. The number of ether oxygens (including phenoxy) is 3. The van der Waals surface area contributed by atoms with Crippen molar-refractivity contribution in [3.63, 3.8) is 0 Å². The number of benzene rings is 1. The van der Waals surface area contributed by atoms with E-state index in [9.17, 15) is 9.90 Å². The molecule has 1 unspecified atom stereocenters. The molecule has 1 amide bonds. The number of methoxy groups -OCH3 is 2. The van der Waals surface area contributed by atoms with Crippen LogP contribution < -0.4 is 15.4 Å². The molecule has 1 aliphatic carbocycles. The number of pyridine rings is 1. The van der Waals surface area contributed by atoms with Crippen molar-refractivity contribution in [2.75, 3.05) is 20.8 Å². The summed E-state index contributed by atoms with van der Waals surface area (Å²) in [5, 5.41) is 21.0. The smallest absolute Gasteiger partial charge is 0.277 e. The number of aliphatic hydroxyl groups is 1. The van der Waals surface area contributed by atoms with Crippen LogP contribution in [-0.2, 0) is 27.1 Å². The lowest BCUT2D eigenvalue weighted by Gasteiger charge is -2.47. The van der Waals surface area contributed by atoms with E-state index in [-0.39, 0.29) is 18.2 Å². The van der Waals surface area contributed by atoms with Gasteiger partial charge >= 0.3 is 0 Å². The van der Waals surface area contributed by atoms with E-state index in [1.54, 1.807) is 17.5 Å². The molecular formula is C32H42N4O5S. The topological polar surface area (TPSA) is 115 Å². The molecule has 2 aromatic heterocycles. The molecular weight excluding hydrogens is 552 g/mol. The van der Waals surface area contributed by atoms with Crippen LogP contribution in [0.1, 0.15) is 62.3 Å². The first-order valence-electron chi connectivity index (χ1n) is 14.7. The number of fused-ring (bicyclic) bond motifs is 1. The van der Waals surface area contributed by atoms with E-state index in [0.717, 1.165) is 53.8 Å². The van der Waals surface area contributed by atoms with Crippen molar-refractivity contribution in [3.8, 4) is 16.5 Å². The first kappa shape index (κ1) is 30.6. The molecule has 0 radical (unpaired) electrons. The second-order valence-electron chi connectivity index (χ2n) is 11.9. The van der Waals surface area contributed by atoms with Gasteiger partial charge in [0.05, 0.1) is 12.1 Å². The first-order valence-corrected chi connectivity index (χ1v) is 15.6. The van der Waals surface area contributed by atoms with E-state index in [1.807, 2.05) is 29.8 Å². The molecule has 0 bridgehead atoms. The third kappa shape index (κ3) is 7.18. The maximum atomic E-state index is 13.0. The minimum atomic E-state index is -1.07. The van der Waals surface area contributed by atoms with Gasteiger partial charge in [-0.1, -0.05) is 32.0 Å². The Balaban J connectivity index is 1.34. The highest BCUT2D eigenvalue weighted by molar-refractivity contribution is 7.13. The van der Waals surface area contributed by atoms with Gasteiger partial charge in [-0.2, -0.15) is 0 Å². The molecule has 3 heterocycles. The number of aromatic nitrogens is 2. The van der Waals surface area contributed by atoms with Crippen molar-refractivity contribution in [2.45, 2.75) is 82.5 Å². The Kier molecular flexibility index (Phi) is 9.90. The Morgan fingerprint density at radius 2 is 1.98 bits per heavy atom. The molecule has 226 valence electrons. The zero-order valence-electron chi connectivity index (χ0n) is 24.8. The summed E-state index contributed by atoms with van der Waals surface area (Å²) in [4.78, 5) is 22.1. The quantitative estimate of drug-likeness (QED) is 0.249. The fourth-order valence-corrected chi connectivity index (χ4v) is 6.56. The van der Waals surface area contributed by atoms with Crippen molar-refractivity contribution < 1.29 is 24.1 Å². The maximum Gasteiger partial charge on any atom is 0.277 e. The predicted molar refractivity (Wildman–Crippen MR) is 162 cm³/mol. The van der Waals surface area contributed by atoms with Crippen LogP contribution in [0.4, 0.5) is 0 Å². The number of amides is 1. The Morgan fingerprint density at radius 3 is 2.64 bits per heavy atom. The normalized spacial score (nSPS) is 18.8. The molecule has 3 N–H and O–H groups in total. The minimum absolute atomic E-state index is 0.0152. The summed E-state index contributed by atoms with van der Waals surface area (Å²) in [6.45, 7) is 4.67. The monoisotopic (exact) mass is 594 g/mol. The standard InChI is InChI=1S/C32H42N4O5S/c1-20(2)13-22-15-24-26(17-32(9-6-10-32)41-29(24)35-18-22)34-19-27(37)25(36-28(38)31(39-3)40-4)16-21-7-5-8-23(14-21)30-33-11-12-42-30/h5,7-8,11-12,14-15,18,20,25-27,31,34,37H,6,9-10,13,16-17,19H2,1-4H3,(H,36,38)/t25?,26-,27+/m0/s1. The maximum absolute atomic E-state index is 13.0. The lowest BCUT2D eigenvalue weighted by atomic mass is 9.73. The van der Waals surface area contributed by atoms with Crippen molar-refractivity contribution in [1.29, 1.82) is 0 Å². The number of carbonyl (C=O) groups excluding carboxylic acids is 1. The number of nitrogens with one attached hydrogen (secondary N) is 2. The highest BCUT2D eigenvalue weighted by Crippen LogP contribution is 2.48. The number of rotatable bonds is 13. The van der Waals surface area contributed by atoms with Gasteiger partial charge in [0.1, 0.15) is 10.6 Å². The molecule has 1 aromatic carbocycles. The highest BCUT2D eigenvalue weighted by Gasteiger charge is 2.46. The van der Waals surface area contributed by atoms with Crippen LogP contribution in [0.15, 0.2) is 48.1 Å². The number of hydrogen-bond donors (Lipinski definition) is 3. The van der Waals surface area contributed by atoms with Gasteiger partial charge in [0.2, 0.25) is 12.2 Å². The largest absolute Gasteiger partial charge is 0.471 e. The van der Waals surface area contributed by atoms with Gasteiger partial charge in [0, 0.05) is 62.1 Å². The molecule has 3 aromatic rings. The molecule has 1 spiro atoms. The molecule has 10 heteroatoms. The zero-order chi connectivity index (χ0) is 29.7. The molecule has 3 atom stereocenters. The molecule has 0 saturated heterocycles. The van der Waals surface area contributed by atoms with Gasteiger partial charge in [0.25, 0.3) is 5.91 Å². The van der Waals surface area contributed by atoms with Gasteiger partial charge in [-0.3, -0.25) is 4.79 Å². The average molecular weight is 595 g/mol. The van der Waals surface area contributed by atoms with Crippen LogP contribution in [0.5, 0.6) is 5.88 Å². The fraction of sp³-hybridized carbons (Fsp3) is 0.531. The highest BCUT2D eigenvalue weighted by atomic mass is 32.1. The van der Waals surface area contributed by atoms with E-state index in [2.05, 4.69) is 41.6 Å². The summed E-state index contributed by atoms with van der Waals surface area (Å²) in [7, 11) is 2.83.